The zero-order valence-electron chi connectivity index (χ0n) is 13.9. The second-order valence-electron chi connectivity index (χ2n) is 5.94. The molecular weight excluding hydrogens is 407 g/mol. The summed E-state index contributed by atoms with van der Waals surface area (Å²) in [4.78, 5) is 10.2. The van der Waals surface area contributed by atoms with Gasteiger partial charge in [0.25, 0.3) is 0 Å². The van der Waals surface area contributed by atoms with Crippen molar-refractivity contribution in [2.24, 2.45) is 10.9 Å². The molecule has 4 nitrogen and oxygen atoms in total. The summed E-state index contributed by atoms with van der Waals surface area (Å²) < 4.78 is 0. The predicted molar refractivity (Wildman–Crippen MR) is 107 cm³/mol. The van der Waals surface area contributed by atoms with Crippen molar-refractivity contribution >= 4 is 41.3 Å². The monoisotopic (exact) mass is 436 g/mol. The average molecular weight is 436 g/mol. The van der Waals surface area contributed by atoms with Gasteiger partial charge in [0.2, 0.25) is 0 Å². The lowest BCUT2D eigenvalue weighted by molar-refractivity contribution is 0.324. The van der Waals surface area contributed by atoms with Gasteiger partial charge < -0.3 is 10.6 Å². The maximum absolute atomic E-state index is 4.45. The van der Waals surface area contributed by atoms with Crippen molar-refractivity contribution in [2.75, 3.05) is 13.6 Å². The van der Waals surface area contributed by atoms with E-state index in [0.29, 0.717) is 6.04 Å². The Balaban J connectivity index is 0.00000242. The average Bonchev–Trinajstić information content (AvgIpc) is 2.94. The summed E-state index contributed by atoms with van der Waals surface area (Å²) in [6, 6.07) is 0.575. The van der Waals surface area contributed by atoms with Gasteiger partial charge in [-0.15, -0.1) is 35.3 Å². The molecule has 1 fully saturated rings. The lowest BCUT2D eigenvalue weighted by Gasteiger charge is -2.28. The Bertz CT molecular complexity index is 461. The van der Waals surface area contributed by atoms with Crippen LogP contribution >= 0.6 is 35.3 Å². The van der Waals surface area contributed by atoms with Crippen LogP contribution < -0.4 is 10.6 Å². The molecule has 1 aliphatic rings. The number of thiazole rings is 1. The maximum Gasteiger partial charge on any atom is 0.191 e. The molecule has 2 N–H and O–H groups in total. The van der Waals surface area contributed by atoms with Gasteiger partial charge in [-0.2, -0.15) is 0 Å². The van der Waals surface area contributed by atoms with E-state index in [1.54, 1.807) is 0 Å². The minimum Gasteiger partial charge on any atom is -0.356 e. The highest BCUT2D eigenvalue weighted by Crippen LogP contribution is 2.23. The van der Waals surface area contributed by atoms with Gasteiger partial charge in [0.05, 0.1) is 5.01 Å². The maximum atomic E-state index is 4.45. The summed E-state index contributed by atoms with van der Waals surface area (Å²) in [7, 11) is 1.85. The number of halogens is 1. The molecule has 1 aliphatic carbocycles. The minimum atomic E-state index is 0. The minimum absolute atomic E-state index is 0. The van der Waals surface area contributed by atoms with Crippen LogP contribution in [0.1, 0.15) is 49.4 Å². The second-order valence-corrected chi connectivity index (χ2v) is 7.14. The highest BCUT2D eigenvalue weighted by atomic mass is 127. The molecule has 126 valence electrons. The Labute approximate surface area is 155 Å². The number of hydrogen-bond acceptors (Lipinski definition) is 3. The van der Waals surface area contributed by atoms with Crippen molar-refractivity contribution in [3.05, 3.63) is 16.1 Å². The zero-order valence-corrected chi connectivity index (χ0v) is 17.0. The van der Waals surface area contributed by atoms with E-state index in [4.69, 9.17) is 0 Å². The van der Waals surface area contributed by atoms with E-state index in [2.05, 4.69) is 34.5 Å². The number of rotatable bonds is 5. The first kappa shape index (κ1) is 19.7. The van der Waals surface area contributed by atoms with Crippen LogP contribution in [0, 0.1) is 5.92 Å². The van der Waals surface area contributed by atoms with E-state index in [9.17, 15) is 0 Å². The number of aryl methyl sites for hydroxylation is 1. The number of hydrogen-bond donors (Lipinski definition) is 2. The zero-order chi connectivity index (χ0) is 15.1. The molecule has 0 amide bonds. The van der Waals surface area contributed by atoms with Gasteiger partial charge in [-0.3, -0.25) is 4.99 Å². The molecular formula is C16H29IN4S. The third-order valence-corrected chi connectivity index (χ3v) is 5.28. The fourth-order valence-corrected chi connectivity index (χ4v) is 3.73. The van der Waals surface area contributed by atoms with E-state index in [0.717, 1.165) is 31.3 Å². The fraction of sp³-hybridized carbons (Fsp3) is 0.750. The molecule has 0 aromatic carbocycles. The molecule has 0 aliphatic heterocycles. The smallest absolute Gasteiger partial charge is 0.191 e. The van der Waals surface area contributed by atoms with Gasteiger partial charge in [0.15, 0.2) is 5.96 Å². The van der Waals surface area contributed by atoms with Crippen LogP contribution in [0.4, 0.5) is 0 Å². The van der Waals surface area contributed by atoms with Gasteiger partial charge in [-0.1, -0.05) is 26.7 Å². The van der Waals surface area contributed by atoms with Crippen molar-refractivity contribution in [3.8, 4) is 0 Å². The van der Waals surface area contributed by atoms with E-state index in [-0.39, 0.29) is 24.0 Å². The van der Waals surface area contributed by atoms with Crippen molar-refractivity contribution in [1.82, 2.24) is 15.6 Å². The van der Waals surface area contributed by atoms with E-state index in [1.807, 2.05) is 24.6 Å². The molecule has 6 heteroatoms. The topological polar surface area (TPSA) is 49.3 Å². The van der Waals surface area contributed by atoms with Gasteiger partial charge in [0, 0.05) is 37.1 Å². The fourth-order valence-electron chi connectivity index (χ4n) is 2.87. The molecule has 2 unspecified atom stereocenters. The third-order valence-electron chi connectivity index (χ3n) is 4.08. The van der Waals surface area contributed by atoms with Crippen LogP contribution in [-0.2, 0) is 12.8 Å². The van der Waals surface area contributed by atoms with Crippen LogP contribution in [-0.4, -0.2) is 30.6 Å². The Kier molecular flexibility index (Phi) is 9.31. The molecule has 2 rings (SSSR count). The summed E-state index contributed by atoms with van der Waals surface area (Å²) in [6.45, 7) is 5.41. The van der Waals surface area contributed by atoms with E-state index in [1.165, 1.54) is 35.6 Å². The van der Waals surface area contributed by atoms with Crippen LogP contribution in [0.25, 0.3) is 0 Å². The summed E-state index contributed by atoms with van der Waals surface area (Å²) in [5.41, 5.74) is 0. The van der Waals surface area contributed by atoms with Gasteiger partial charge >= 0.3 is 0 Å². The van der Waals surface area contributed by atoms with Gasteiger partial charge in [-0.05, 0) is 25.2 Å². The highest BCUT2D eigenvalue weighted by molar-refractivity contribution is 14.0. The number of aliphatic imine (C=N–C) groups is 1. The molecule has 0 spiro atoms. The van der Waals surface area contributed by atoms with E-state index < -0.39 is 0 Å². The van der Waals surface area contributed by atoms with Crippen molar-refractivity contribution in [2.45, 2.75) is 58.4 Å². The summed E-state index contributed by atoms with van der Waals surface area (Å²) in [5.74, 6) is 1.76. The lowest BCUT2D eigenvalue weighted by Crippen LogP contribution is -2.45. The summed E-state index contributed by atoms with van der Waals surface area (Å²) >= 11 is 1.82. The number of aromatic nitrogens is 1. The Morgan fingerprint density at radius 2 is 2.27 bits per heavy atom. The van der Waals surface area contributed by atoms with Crippen LogP contribution in [0.15, 0.2) is 11.2 Å². The molecule has 1 aromatic rings. The number of guanidine groups is 1. The molecule has 1 heterocycles. The number of nitrogens with one attached hydrogen (secondary N) is 2. The quantitative estimate of drug-likeness (QED) is 0.421. The van der Waals surface area contributed by atoms with E-state index >= 15 is 0 Å². The standard InChI is InChI=1S/C16H28N4S.HI/c1-4-14-11-19-15(21-14)8-9-18-16(17-3)20-13-7-5-6-12(2)10-13;/h11-13H,4-10H2,1-3H3,(H2,17,18,20);1H. The van der Waals surface area contributed by atoms with Crippen molar-refractivity contribution in [3.63, 3.8) is 0 Å². The number of nitrogens with zero attached hydrogens (tertiary/aromatic N) is 2. The van der Waals surface area contributed by atoms with Crippen LogP contribution in [0.2, 0.25) is 0 Å². The molecule has 1 aromatic heterocycles. The molecule has 1 saturated carbocycles. The summed E-state index contributed by atoms with van der Waals surface area (Å²) in [5, 5.41) is 8.18. The molecule has 2 atom stereocenters. The third kappa shape index (κ3) is 6.40. The molecule has 0 bridgehead atoms. The molecule has 0 saturated heterocycles. The Morgan fingerprint density at radius 1 is 1.45 bits per heavy atom. The highest BCUT2D eigenvalue weighted by Gasteiger charge is 2.19. The van der Waals surface area contributed by atoms with Crippen LogP contribution in [0.3, 0.4) is 0 Å². The lowest BCUT2D eigenvalue weighted by atomic mass is 9.87. The largest absolute Gasteiger partial charge is 0.356 e. The SMILES string of the molecule is CCc1cnc(CCNC(=NC)NC2CCCC(C)C2)s1.I. The Morgan fingerprint density at radius 3 is 2.91 bits per heavy atom. The first-order chi connectivity index (χ1) is 10.2. The van der Waals surface area contributed by atoms with Crippen molar-refractivity contribution in [1.29, 1.82) is 0 Å². The second kappa shape index (κ2) is 10.4. The van der Waals surface area contributed by atoms with Gasteiger partial charge in [0.1, 0.15) is 0 Å². The first-order valence-corrected chi connectivity index (χ1v) is 8.93. The predicted octanol–water partition coefficient (Wildman–Crippen LogP) is 3.61. The normalized spacial score (nSPS) is 22.0. The van der Waals surface area contributed by atoms with Crippen LogP contribution in [0.5, 0.6) is 0 Å². The van der Waals surface area contributed by atoms with Gasteiger partial charge in [-0.25, -0.2) is 4.98 Å². The van der Waals surface area contributed by atoms with Crippen molar-refractivity contribution < 1.29 is 0 Å². The molecule has 0 radical (unpaired) electrons. The summed E-state index contributed by atoms with van der Waals surface area (Å²) in [6.07, 6.45) is 9.25. The molecule has 22 heavy (non-hydrogen) atoms. The Hall–Kier alpha value is -0.370. The first-order valence-electron chi connectivity index (χ1n) is 8.12.